The standard InChI is InChI=1S/C24H35NO5/c1-4-22(28)30-20-8-7-18-17-6-5-15-13-16(25-29-14-21(26)27)9-11-23(15,2)19(17)10-12-24(18,20)3/h13,17-20H,4-12,14H2,1-3H3,(H,26,27)/b25-16+/t17-,18-,19-,20-,23+,24+/m1/s1. The SMILES string of the molecule is CCC(=O)O[C@@H]1CC[C@@H]2[C@H]3CCC4=C/C(=N/OCC(=O)O)CC[C@]4(C)[C@@H]3CC[C@@]21C. The number of hydrogen-bond donors (Lipinski definition) is 1. The summed E-state index contributed by atoms with van der Waals surface area (Å²) < 4.78 is 5.89. The number of fused-ring (bicyclic) bond motifs is 5. The second-order valence-corrected chi connectivity index (χ2v) is 10.2. The number of esters is 1. The first-order chi connectivity index (χ1) is 14.3. The van der Waals surface area contributed by atoms with Crippen LogP contribution in [0.15, 0.2) is 16.8 Å². The van der Waals surface area contributed by atoms with Gasteiger partial charge in [-0.15, -0.1) is 0 Å². The van der Waals surface area contributed by atoms with E-state index in [1.54, 1.807) is 0 Å². The van der Waals surface area contributed by atoms with E-state index in [1.165, 1.54) is 24.8 Å². The lowest BCUT2D eigenvalue weighted by Gasteiger charge is -2.58. The van der Waals surface area contributed by atoms with Crippen molar-refractivity contribution < 1.29 is 24.3 Å². The van der Waals surface area contributed by atoms with E-state index in [9.17, 15) is 9.59 Å². The number of oxime groups is 1. The summed E-state index contributed by atoms with van der Waals surface area (Å²) in [6.07, 6.45) is 11.3. The maximum atomic E-state index is 12.0. The van der Waals surface area contributed by atoms with Crippen LogP contribution >= 0.6 is 0 Å². The molecule has 6 atom stereocenters. The quantitative estimate of drug-likeness (QED) is 0.516. The maximum Gasteiger partial charge on any atom is 0.344 e. The van der Waals surface area contributed by atoms with Crippen molar-refractivity contribution in [2.75, 3.05) is 6.61 Å². The molecule has 4 aliphatic rings. The van der Waals surface area contributed by atoms with E-state index in [0.717, 1.165) is 37.8 Å². The Labute approximate surface area is 179 Å². The van der Waals surface area contributed by atoms with Crippen LogP contribution in [0, 0.1) is 28.6 Å². The molecule has 166 valence electrons. The minimum Gasteiger partial charge on any atom is -0.479 e. The van der Waals surface area contributed by atoms with Crippen molar-refractivity contribution in [1.29, 1.82) is 0 Å². The van der Waals surface area contributed by atoms with E-state index >= 15 is 0 Å². The molecule has 3 fully saturated rings. The molecular weight excluding hydrogens is 382 g/mol. The summed E-state index contributed by atoms with van der Waals surface area (Å²) in [5, 5.41) is 12.8. The van der Waals surface area contributed by atoms with Gasteiger partial charge in [0.1, 0.15) is 6.10 Å². The van der Waals surface area contributed by atoms with Crippen molar-refractivity contribution in [1.82, 2.24) is 0 Å². The number of aliphatic carboxylic acids is 1. The van der Waals surface area contributed by atoms with Gasteiger partial charge < -0.3 is 14.7 Å². The van der Waals surface area contributed by atoms with E-state index in [0.29, 0.717) is 24.2 Å². The van der Waals surface area contributed by atoms with Crippen molar-refractivity contribution >= 4 is 17.7 Å². The summed E-state index contributed by atoms with van der Waals surface area (Å²) in [5.41, 5.74) is 2.64. The van der Waals surface area contributed by atoms with Gasteiger partial charge in [0.05, 0.1) is 5.71 Å². The lowest BCUT2D eigenvalue weighted by Crippen LogP contribution is -2.51. The van der Waals surface area contributed by atoms with Gasteiger partial charge in [-0.25, -0.2) is 4.79 Å². The average Bonchev–Trinajstić information content (AvgIpc) is 3.04. The molecule has 0 aromatic carbocycles. The molecule has 4 rings (SSSR count). The molecule has 30 heavy (non-hydrogen) atoms. The van der Waals surface area contributed by atoms with Gasteiger partial charge in [-0.1, -0.05) is 31.5 Å². The highest BCUT2D eigenvalue weighted by molar-refractivity contribution is 5.96. The fourth-order valence-corrected chi connectivity index (χ4v) is 7.20. The van der Waals surface area contributed by atoms with Gasteiger partial charge in [0.2, 0.25) is 6.61 Å². The predicted molar refractivity (Wildman–Crippen MR) is 113 cm³/mol. The van der Waals surface area contributed by atoms with Gasteiger partial charge in [-0.3, -0.25) is 4.79 Å². The molecule has 0 bridgehead atoms. The summed E-state index contributed by atoms with van der Waals surface area (Å²) >= 11 is 0. The van der Waals surface area contributed by atoms with E-state index in [-0.39, 0.29) is 22.9 Å². The number of hydrogen-bond acceptors (Lipinski definition) is 5. The van der Waals surface area contributed by atoms with Gasteiger partial charge in [0, 0.05) is 11.8 Å². The van der Waals surface area contributed by atoms with Crippen molar-refractivity contribution in [3.8, 4) is 0 Å². The molecule has 0 amide bonds. The van der Waals surface area contributed by atoms with E-state index < -0.39 is 12.6 Å². The van der Waals surface area contributed by atoms with Crippen LogP contribution < -0.4 is 0 Å². The van der Waals surface area contributed by atoms with Crippen molar-refractivity contribution in [3.63, 3.8) is 0 Å². The number of carbonyl (C=O) groups excluding carboxylic acids is 1. The third-order valence-corrected chi connectivity index (χ3v) is 8.82. The summed E-state index contributed by atoms with van der Waals surface area (Å²) in [6, 6.07) is 0. The minimum atomic E-state index is -1.00. The van der Waals surface area contributed by atoms with E-state index in [2.05, 4.69) is 25.1 Å². The first-order valence-electron chi connectivity index (χ1n) is 11.6. The Bertz CT molecular complexity index is 774. The van der Waals surface area contributed by atoms with Crippen LogP contribution in [0.5, 0.6) is 0 Å². The Morgan fingerprint density at radius 3 is 2.67 bits per heavy atom. The number of carboxylic acid groups (broad SMARTS) is 1. The Hall–Kier alpha value is -1.85. The number of carboxylic acids is 1. The van der Waals surface area contributed by atoms with E-state index in [1.807, 2.05) is 6.92 Å². The van der Waals surface area contributed by atoms with Gasteiger partial charge in [-0.05, 0) is 80.6 Å². The number of nitrogens with zero attached hydrogens (tertiary/aromatic N) is 1. The highest BCUT2D eigenvalue weighted by Gasteiger charge is 2.59. The van der Waals surface area contributed by atoms with Crippen LogP contribution in [-0.2, 0) is 19.2 Å². The Morgan fingerprint density at radius 2 is 1.93 bits per heavy atom. The first kappa shape index (κ1) is 21.4. The topological polar surface area (TPSA) is 85.2 Å². The van der Waals surface area contributed by atoms with Crippen LogP contribution in [0.4, 0.5) is 0 Å². The fourth-order valence-electron chi connectivity index (χ4n) is 7.20. The van der Waals surface area contributed by atoms with Crippen LogP contribution in [0.3, 0.4) is 0 Å². The zero-order valence-electron chi connectivity index (χ0n) is 18.5. The highest BCUT2D eigenvalue weighted by atomic mass is 16.6. The summed E-state index contributed by atoms with van der Waals surface area (Å²) in [4.78, 5) is 27.6. The Morgan fingerprint density at radius 1 is 1.13 bits per heavy atom. The van der Waals surface area contributed by atoms with E-state index in [4.69, 9.17) is 14.7 Å². The molecule has 4 aliphatic carbocycles. The molecule has 0 aliphatic heterocycles. The van der Waals surface area contributed by atoms with Crippen LogP contribution in [0.2, 0.25) is 0 Å². The zero-order chi connectivity index (χ0) is 21.5. The Kier molecular flexibility index (Phi) is 5.71. The Balaban J connectivity index is 1.51. The minimum absolute atomic E-state index is 0.0611. The molecule has 6 nitrogen and oxygen atoms in total. The molecule has 0 aromatic heterocycles. The lowest BCUT2D eigenvalue weighted by atomic mass is 9.47. The monoisotopic (exact) mass is 417 g/mol. The summed E-state index contributed by atoms with van der Waals surface area (Å²) in [5.74, 6) is 0.931. The van der Waals surface area contributed by atoms with Gasteiger partial charge >= 0.3 is 11.9 Å². The third-order valence-electron chi connectivity index (χ3n) is 8.82. The fraction of sp³-hybridized carbons (Fsp3) is 0.792. The molecule has 3 saturated carbocycles. The zero-order valence-corrected chi connectivity index (χ0v) is 18.5. The third kappa shape index (κ3) is 3.56. The molecule has 0 heterocycles. The first-order valence-corrected chi connectivity index (χ1v) is 11.6. The van der Waals surface area contributed by atoms with Crippen molar-refractivity contribution in [3.05, 3.63) is 11.6 Å². The van der Waals surface area contributed by atoms with Gasteiger partial charge in [0.15, 0.2) is 0 Å². The second kappa shape index (κ2) is 8.01. The summed E-state index contributed by atoms with van der Waals surface area (Å²) in [7, 11) is 0. The second-order valence-electron chi connectivity index (χ2n) is 10.2. The number of allylic oxidation sites excluding steroid dienone is 2. The normalized spacial score (nSPS) is 41.3. The molecule has 0 aromatic rings. The van der Waals surface area contributed by atoms with Crippen molar-refractivity contribution in [2.45, 2.75) is 84.7 Å². The van der Waals surface area contributed by atoms with Crippen LogP contribution in [0.1, 0.15) is 78.6 Å². The molecule has 0 spiro atoms. The molecule has 0 unspecified atom stereocenters. The lowest BCUT2D eigenvalue weighted by molar-refractivity contribution is -0.159. The number of ether oxygens (including phenoxy) is 1. The smallest absolute Gasteiger partial charge is 0.344 e. The molecule has 6 heteroatoms. The van der Waals surface area contributed by atoms with Crippen molar-refractivity contribution in [2.24, 2.45) is 33.7 Å². The van der Waals surface area contributed by atoms with Gasteiger partial charge in [0.25, 0.3) is 0 Å². The molecular formula is C24H35NO5. The molecule has 0 radical (unpaired) electrons. The molecule has 0 saturated heterocycles. The molecule has 1 N–H and O–H groups in total. The maximum absolute atomic E-state index is 12.0. The number of rotatable bonds is 5. The van der Waals surface area contributed by atoms with Gasteiger partial charge in [-0.2, -0.15) is 0 Å². The largest absolute Gasteiger partial charge is 0.479 e. The number of carbonyl (C=O) groups is 2. The highest BCUT2D eigenvalue weighted by Crippen LogP contribution is 2.65. The summed E-state index contributed by atoms with van der Waals surface area (Å²) in [6.45, 7) is 6.28. The van der Waals surface area contributed by atoms with Crippen LogP contribution in [0.25, 0.3) is 0 Å². The predicted octanol–water partition coefficient (Wildman–Crippen LogP) is 4.73. The van der Waals surface area contributed by atoms with Crippen LogP contribution in [-0.4, -0.2) is 35.5 Å². The average molecular weight is 418 g/mol.